The van der Waals surface area contributed by atoms with Gasteiger partial charge in [-0.05, 0) is 42.0 Å². The van der Waals surface area contributed by atoms with Crippen molar-refractivity contribution in [2.75, 3.05) is 20.8 Å². The number of methoxy groups -OCH3 is 2. The Hall–Kier alpha value is -5.25. The van der Waals surface area contributed by atoms with Gasteiger partial charge in [-0.2, -0.15) is 0 Å². The summed E-state index contributed by atoms with van der Waals surface area (Å²) in [4.78, 5) is 40.4. The van der Waals surface area contributed by atoms with E-state index in [1.807, 2.05) is 24.3 Å². The number of fused-ring (bicyclic) bond motifs is 2. The van der Waals surface area contributed by atoms with Crippen LogP contribution in [0.5, 0.6) is 23.0 Å². The molecule has 1 aliphatic heterocycles. The maximum Gasteiger partial charge on any atom is 0.326 e. The number of carbonyl (C=O) groups excluding carboxylic acids is 2. The zero-order valence-corrected chi connectivity index (χ0v) is 21.7. The topological polar surface area (TPSA) is 136 Å². The van der Waals surface area contributed by atoms with Crippen LogP contribution in [-0.4, -0.2) is 54.6 Å². The van der Waals surface area contributed by atoms with Gasteiger partial charge in [0, 0.05) is 41.2 Å². The van der Waals surface area contributed by atoms with Gasteiger partial charge in [0.05, 0.1) is 19.8 Å². The zero-order chi connectivity index (χ0) is 28.2. The molecule has 3 aromatic carbocycles. The predicted octanol–water partition coefficient (Wildman–Crippen LogP) is 3.99. The molecule has 1 aliphatic rings. The monoisotopic (exact) mass is 542 g/mol. The van der Waals surface area contributed by atoms with Crippen molar-refractivity contribution in [1.82, 2.24) is 10.3 Å². The van der Waals surface area contributed by atoms with Crippen molar-refractivity contribution >= 4 is 34.6 Å². The van der Waals surface area contributed by atoms with Crippen LogP contribution in [0.3, 0.4) is 0 Å². The van der Waals surface area contributed by atoms with Crippen LogP contribution in [0.15, 0.2) is 72.6 Å². The van der Waals surface area contributed by atoms with Gasteiger partial charge in [-0.1, -0.05) is 18.2 Å². The first-order chi connectivity index (χ1) is 19.4. The second kappa shape index (κ2) is 11.2. The fourth-order valence-corrected chi connectivity index (χ4v) is 4.44. The molecule has 0 spiro atoms. The molecule has 3 N–H and O–H groups in total. The van der Waals surface area contributed by atoms with Gasteiger partial charge >= 0.3 is 5.97 Å². The van der Waals surface area contributed by atoms with Crippen LogP contribution in [0.1, 0.15) is 21.5 Å². The van der Waals surface area contributed by atoms with Crippen molar-refractivity contribution in [1.29, 1.82) is 0 Å². The van der Waals surface area contributed by atoms with E-state index in [1.54, 1.807) is 49.7 Å². The first-order valence-electron chi connectivity index (χ1n) is 12.4. The molecule has 10 heteroatoms. The second-order valence-electron chi connectivity index (χ2n) is 9.02. The molecule has 0 unspecified atom stereocenters. The van der Waals surface area contributed by atoms with Crippen LogP contribution in [0.2, 0.25) is 0 Å². The summed E-state index contributed by atoms with van der Waals surface area (Å²) in [5.74, 6) is -0.266. The fourth-order valence-electron chi connectivity index (χ4n) is 4.44. The quantitative estimate of drug-likeness (QED) is 0.256. The summed E-state index contributed by atoms with van der Waals surface area (Å²) in [7, 11) is 3.07. The minimum atomic E-state index is -1.16. The average molecular weight is 543 g/mol. The van der Waals surface area contributed by atoms with E-state index >= 15 is 0 Å². The van der Waals surface area contributed by atoms with E-state index in [1.165, 1.54) is 13.2 Å². The number of nitrogens with one attached hydrogen (secondary N) is 2. The van der Waals surface area contributed by atoms with Gasteiger partial charge in [0.15, 0.2) is 12.4 Å². The highest BCUT2D eigenvalue weighted by Crippen LogP contribution is 2.36. The lowest BCUT2D eigenvalue weighted by molar-refractivity contribution is -0.142. The molecular weight excluding hydrogens is 516 g/mol. The smallest absolute Gasteiger partial charge is 0.326 e. The Morgan fingerprint density at radius 2 is 1.85 bits per heavy atom. The number of ether oxygens (including phenoxy) is 4. The molecule has 40 heavy (non-hydrogen) atoms. The molecule has 0 bridgehead atoms. The molecule has 204 valence electrons. The molecule has 5 rings (SSSR count). The number of carboxylic acids is 1. The van der Waals surface area contributed by atoms with E-state index in [9.17, 15) is 19.5 Å². The number of aromatic nitrogens is 1. The van der Waals surface area contributed by atoms with Gasteiger partial charge in [0.2, 0.25) is 5.78 Å². The highest BCUT2D eigenvalue weighted by molar-refractivity contribution is 6.14. The highest BCUT2D eigenvalue weighted by Gasteiger charge is 2.28. The van der Waals surface area contributed by atoms with Gasteiger partial charge in [0.25, 0.3) is 5.91 Å². The number of allylic oxidation sites excluding steroid dienone is 1. The fraction of sp³-hybridized carbons (Fsp3) is 0.167. The summed E-state index contributed by atoms with van der Waals surface area (Å²) in [6, 6.07) is 16.2. The molecule has 0 saturated heterocycles. The van der Waals surface area contributed by atoms with Gasteiger partial charge < -0.3 is 34.4 Å². The lowest BCUT2D eigenvalue weighted by Gasteiger charge is -2.15. The number of carboxylic acid groups (broad SMARTS) is 1. The van der Waals surface area contributed by atoms with Crippen LogP contribution >= 0.6 is 0 Å². The number of Topliss-reactive ketones (excluding diaryl/α,β-unsaturated/α-hetero) is 1. The van der Waals surface area contributed by atoms with Gasteiger partial charge in [-0.15, -0.1) is 0 Å². The Morgan fingerprint density at radius 1 is 1.05 bits per heavy atom. The average Bonchev–Trinajstić information content (AvgIpc) is 3.51. The number of ketones is 1. The third kappa shape index (κ3) is 5.46. The van der Waals surface area contributed by atoms with Crippen molar-refractivity contribution in [2.24, 2.45) is 0 Å². The van der Waals surface area contributed by atoms with E-state index in [-0.39, 0.29) is 29.5 Å². The Bertz CT molecular complexity index is 1640. The molecule has 1 amide bonds. The van der Waals surface area contributed by atoms with Gasteiger partial charge in [-0.3, -0.25) is 9.59 Å². The number of aliphatic carboxylic acids is 1. The number of hydrogen-bond acceptors (Lipinski definition) is 7. The molecule has 4 aromatic rings. The number of carbonyl (C=O) groups is 3. The van der Waals surface area contributed by atoms with Crippen molar-refractivity contribution < 1.29 is 38.4 Å². The van der Waals surface area contributed by atoms with Gasteiger partial charge in [0.1, 0.15) is 29.0 Å². The largest absolute Gasteiger partial charge is 0.497 e. The Balaban J connectivity index is 1.23. The molecule has 1 aromatic heterocycles. The Morgan fingerprint density at radius 3 is 2.62 bits per heavy atom. The van der Waals surface area contributed by atoms with E-state index < -0.39 is 24.5 Å². The third-order valence-electron chi connectivity index (χ3n) is 6.47. The number of para-hydroxylation sites is 1. The molecule has 1 atom stereocenters. The van der Waals surface area contributed by atoms with Crippen LogP contribution in [-0.2, 0) is 16.0 Å². The van der Waals surface area contributed by atoms with Crippen LogP contribution in [0, 0.1) is 0 Å². The number of aromatic amines is 1. The molecule has 0 radical (unpaired) electrons. The van der Waals surface area contributed by atoms with Crippen molar-refractivity contribution in [3.05, 3.63) is 89.3 Å². The predicted molar refractivity (Wildman–Crippen MR) is 146 cm³/mol. The molecule has 0 saturated carbocycles. The molecule has 10 nitrogen and oxygen atoms in total. The van der Waals surface area contributed by atoms with E-state index in [0.717, 1.165) is 16.5 Å². The summed E-state index contributed by atoms with van der Waals surface area (Å²) >= 11 is 0. The van der Waals surface area contributed by atoms with Crippen LogP contribution in [0.4, 0.5) is 0 Å². The summed E-state index contributed by atoms with van der Waals surface area (Å²) in [6.45, 7) is -0.420. The number of H-pyrrole nitrogens is 1. The van der Waals surface area contributed by atoms with E-state index in [4.69, 9.17) is 18.9 Å². The Kier molecular flexibility index (Phi) is 7.41. The first kappa shape index (κ1) is 26.4. The summed E-state index contributed by atoms with van der Waals surface area (Å²) < 4.78 is 21.9. The summed E-state index contributed by atoms with van der Waals surface area (Å²) in [5.41, 5.74) is 2.64. The lowest BCUT2D eigenvalue weighted by Crippen LogP contribution is -2.44. The molecule has 2 heterocycles. The summed E-state index contributed by atoms with van der Waals surface area (Å²) in [5, 5.41) is 13.1. The zero-order valence-electron chi connectivity index (χ0n) is 21.7. The van der Waals surface area contributed by atoms with E-state index in [2.05, 4.69) is 10.3 Å². The van der Waals surface area contributed by atoms with Crippen LogP contribution < -0.4 is 24.3 Å². The highest BCUT2D eigenvalue weighted by atomic mass is 16.5. The minimum absolute atomic E-state index is 0.105. The standard InChI is InChI=1S/C30H26N2O8/c1-37-19-8-7-17(25(13-19)38-2)12-27-29(34)22-10-9-20(14-26(22)40-27)39-16-28(33)32-24(30(35)36)11-18-15-31-23-6-4-3-5-21(18)23/h3-10,12-15,24,31H,11,16H2,1-2H3,(H,32,33)(H,35,36)/b27-12-/t24-/m1/s1. The second-order valence-corrected chi connectivity index (χ2v) is 9.02. The lowest BCUT2D eigenvalue weighted by atomic mass is 10.1. The number of benzene rings is 3. The van der Waals surface area contributed by atoms with Crippen molar-refractivity contribution in [2.45, 2.75) is 12.5 Å². The van der Waals surface area contributed by atoms with Crippen LogP contribution in [0.25, 0.3) is 17.0 Å². The maximum absolute atomic E-state index is 12.9. The summed E-state index contributed by atoms with van der Waals surface area (Å²) in [6.07, 6.45) is 3.42. The number of amides is 1. The van der Waals surface area contributed by atoms with Crippen molar-refractivity contribution in [3.63, 3.8) is 0 Å². The first-order valence-corrected chi connectivity index (χ1v) is 12.4. The molecule has 0 fully saturated rings. The molecule has 0 aliphatic carbocycles. The molecular formula is C30H26N2O8. The maximum atomic E-state index is 12.9. The Labute approximate surface area is 229 Å². The normalized spacial score (nSPS) is 13.9. The van der Waals surface area contributed by atoms with Gasteiger partial charge in [-0.25, -0.2) is 4.79 Å². The van der Waals surface area contributed by atoms with E-state index in [0.29, 0.717) is 22.6 Å². The number of hydrogen-bond donors (Lipinski definition) is 3. The SMILES string of the molecule is COc1ccc(/C=C2\Oc3cc(OCC(=O)N[C@H](Cc4c[nH]c5ccccc45)C(=O)O)ccc3C2=O)c(OC)c1. The minimum Gasteiger partial charge on any atom is -0.497 e. The number of rotatable bonds is 10. The van der Waals surface area contributed by atoms with Crippen molar-refractivity contribution in [3.8, 4) is 23.0 Å². The third-order valence-corrected chi connectivity index (χ3v) is 6.47.